The molecule has 1 heteroatoms. The van der Waals surface area contributed by atoms with Crippen molar-refractivity contribution in [1.29, 1.82) is 0 Å². The van der Waals surface area contributed by atoms with Crippen LogP contribution in [0.1, 0.15) is 13.9 Å². The Morgan fingerprint density at radius 1 is 1.44 bits per heavy atom. The molecular weight excluding hydrogens is 110 g/mol. The van der Waals surface area contributed by atoms with Crippen molar-refractivity contribution in [3.63, 3.8) is 0 Å². The van der Waals surface area contributed by atoms with Crippen molar-refractivity contribution >= 4 is 0 Å². The SMILES string of the molecule is [2H]C([2H])(N)c1ccc(C)cc1. The maximum atomic E-state index is 7.19. The zero-order valence-electron chi connectivity index (χ0n) is 7.39. The molecule has 2 N–H and O–H groups in total. The summed E-state index contributed by atoms with van der Waals surface area (Å²) in [5, 5.41) is 0. The van der Waals surface area contributed by atoms with E-state index in [1.807, 2.05) is 19.1 Å². The van der Waals surface area contributed by atoms with Gasteiger partial charge in [-0.1, -0.05) is 29.8 Å². The summed E-state index contributed by atoms with van der Waals surface area (Å²) in [6, 6.07) is 7.10. The van der Waals surface area contributed by atoms with Crippen LogP contribution < -0.4 is 5.73 Å². The Balaban J connectivity index is 2.99. The topological polar surface area (TPSA) is 26.0 Å². The lowest BCUT2D eigenvalue weighted by Crippen LogP contribution is -1.94. The monoisotopic (exact) mass is 123 g/mol. The number of hydrogen-bond donors (Lipinski definition) is 1. The molecule has 0 amide bonds. The molecule has 0 atom stereocenters. The first kappa shape index (κ1) is 4.07. The maximum absolute atomic E-state index is 7.19. The average Bonchev–Trinajstić information content (AvgIpc) is 1.86. The Bertz CT molecular complexity index is 235. The molecule has 1 nitrogen and oxygen atoms in total. The summed E-state index contributed by atoms with van der Waals surface area (Å²) >= 11 is 0. The summed E-state index contributed by atoms with van der Waals surface area (Å²) in [7, 11) is 0. The second kappa shape index (κ2) is 2.65. The van der Waals surface area contributed by atoms with Crippen molar-refractivity contribution in [3.05, 3.63) is 35.4 Å². The van der Waals surface area contributed by atoms with Gasteiger partial charge in [-0.15, -0.1) is 0 Å². The van der Waals surface area contributed by atoms with Gasteiger partial charge in [0.15, 0.2) is 0 Å². The van der Waals surface area contributed by atoms with Crippen LogP contribution in [0.3, 0.4) is 0 Å². The quantitative estimate of drug-likeness (QED) is 0.601. The highest BCUT2D eigenvalue weighted by molar-refractivity contribution is 5.20. The molecule has 0 fully saturated rings. The van der Waals surface area contributed by atoms with Gasteiger partial charge >= 0.3 is 0 Å². The lowest BCUT2D eigenvalue weighted by Gasteiger charge is -1.94. The third-order valence-corrected chi connectivity index (χ3v) is 1.22. The first-order chi connectivity index (χ1) is 5.00. The van der Waals surface area contributed by atoms with E-state index >= 15 is 0 Å². The molecule has 0 spiro atoms. The van der Waals surface area contributed by atoms with Crippen LogP contribution in [0.5, 0.6) is 0 Å². The molecule has 48 valence electrons. The average molecular weight is 123 g/mol. The third kappa shape index (κ3) is 1.54. The Morgan fingerprint density at radius 3 is 2.44 bits per heavy atom. The van der Waals surface area contributed by atoms with Crippen LogP contribution in [-0.2, 0) is 6.50 Å². The van der Waals surface area contributed by atoms with Gasteiger partial charge in [-0.05, 0) is 12.5 Å². The van der Waals surface area contributed by atoms with Gasteiger partial charge < -0.3 is 5.73 Å². The largest absolute Gasteiger partial charge is 0.326 e. The van der Waals surface area contributed by atoms with Crippen LogP contribution in [-0.4, -0.2) is 0 Å². The molecule has 1 aromatic carbocycles. The molecule has 0 aliphatic heterocycles. The van der Waals surface area contributed by atoms with Gasteiger partial charge in [-0.3, -0.25) is 0 Å². The summed E-state index contributed by atoms with van der Waals surface area (Å²) in [5.41, 5.74) is 6.87. The smallest absolute Gasteiger partial charge is 0.0477 e. The van der Waals surface area contributed by atoms with Crippen LogP contribution in [0.15, 0.2) is 24.3 Å². The molecule has 0 saturated carbocycles. The zero-order chi connectivity index (χ0) is 8.48. The summed E-state index contributed by atoms with van der Waals surface area (Å²) < 4.78 is 14.4. The van der Waals surface area contributed by atoms with E-state index in [0.717, 1.165) is 5.56 Å². The first-order valence-corrected chi connectivity index (χ1v) is 2.86. The van der Waals surface area contributed by atoms with Crippen LogP contribution in [0.25, 0.3) is 0 Å². The summed E-state index contributed by atoms with van der Waals surface area (Å²) in [6.07, 6.45) is 0. The van der Waals surface area contributed by atoms with Crippen molar-refractivity contribution in [3.8, 4) is 0 Å². The Labute approximate surface area is 58.3 Å². The minimum Gasteiger partial charge on any atom is -0.326 e. The first-order valence-electron chi connectivity index (χ1n) is 3.86. The highest BCUT2D eigenvalue weighted by Crippen LogP contribution is 2.00. The number of aryl methyl sites for hydroxylation is 1. The number of benzene rings is 1. The molecule has 1 rings (SSSR count). The summed E-state index contributed by atoms with van der Waals surface area (Å²) in [4.78, 5) is 0. The lowest BCUT2D eigenvalue weighted by molar-refractivity contribution is 1.07. The van der Waals surface area contributed by atoms with E-state index < -0.39 is 6.50 Å². The predicted octanol–water partition coefficient (Wildman–Crippen LogP) is 1.45. The highest BCUT2D eigenvalue weighted by Gasteiger charge is 1.84. The van der Waals surface area contributed by atoms with Crippen LogP contribution in [0.2, 0.25) is 0 Å². The van der Waals surface area contributed by atoms with Crippen molar-refractivity contribution in [2.45, 2.75) is 13.4 Å². The fourth-order valence-electron chi connectivity index (χ4n) is 0.650. The molecule has 0 unspecified atom stereocenters. The molecule has 0 aliphatic rings. The molecule has 1 aromatic rings. The van der Waals surface area contributed by atoms with E-state index in [9.17, 15) is 0 Å². The molecule has 9 heavy (non-hydrogen) atoms. The van der Waals surface area contributed by atoms with Gasteiger partial charge in [0.1, 0.15) is 0 Å². The molecular formula is C8H11N. The van der Waals surface area contributed by atoms with E-state index in [2.05, 4.69) is 0 Å². The molecule has 0 radical (unpaired) electrons. The van der Waals surface area contributed by atoms with E-state index in [-0.39, 0.29) is 0 Å². The number of hydrogen-bond acceptors (Lipinski definition) is 1. The lowest BCUT2D eigenvalue weighted by atomic mass is 10.2. The second-order valence-electron chi connectivity index (χ2n) is 2.01. The van der Waals surface area contributed by atoms with Gasteiger partial charge in [-0.25, -0.2) is 0 Å². The van der Waals surface area contributed by atoms with Crippen LogP contribution in [0.4, 0.5) is 0 Å². The molecule has 0 aliphatic carbocycles. The molecule has 0 aromatic heterocycles. The number of rotatable bonds is 1. The van der Waals surface area contributed by atoms with Gasteiger partial charge in [0.25, 0.3) is 0 Å². The number of nitrogens with two attached hydrogens (primary N) is 1. The van der Waals surface area contributed by atoms with E-state index in [1.54, 1.807) is 12.1 Å². The van der Waals surface area contributed by atoms with E-state index in [1.165, 1.54) is 0 Å². The van der Waals surface area contributed by atoms with Gasteiger partial charge in [0.05, 0.1) is 0 Å². The molecule has 0 bridgehead atoms. The predicted molar refractivity (Wildman–Crippen MR) is 39.1 cm³/mol. The third-order valence-electron chi connectivity index (χ3n) is 1.22. The van der Waals surface area contributed by atoms with Crippen molar-refractivity contribution in [2.24, 2.45) is 5.73 Å². The Morgan fingerprint density at radius 2 is 2.00 bits per heavy atom. The van der Waals surface area contributed by atoms with Crippen LogP contribution in [0, 0.1) is 6.92 Å². The standard InChI is InChI=1S/C8H11N/c1-7-2-4-8(6-9)5-3-7/h2-5H,6,9H2,1H3/i6D2. The maximum Gasteiger partial charge on any atom is 0.0477 e. The van der Waals surface area contributed by atoms with Crippen LogP contribution >= 0.6 is 0 Å². The normalized spacial score (nSPS) is 14.4. The van der Waals surface area contributed by atoms with Crippen molar-refractivity contribution in [2.75, 3.05) is 0 Å². The Hall–Kier alpha value is -0.820. The minimum atomic E-state index is -1.71. The van der Waals surface area contributed by atoms with Crippen molar-refractivity contribution < 1.29 is 2.74 Å². The van der Waals surface area contributed by atoms with Gasteiger partial charge in [-0.2, -0.15) is 0 Å². The molecule has 0 heterocycles. The minimum absolute atomic E-state index is 0.517. The molecule has 0 saturated heterocycles. The zero-order valence-corrected chi connectivity index (χ0v) is 5.39. The van der Waals surface area contributed by atoms with E-state index in [0.29, 0.717) is 5.56 Å². The highest BCUT2D eigenvalue weighted by atomic mass is 14.5. The van der Waals surface area contributed by atoms with Crippen molar-refractivity contribution in [1.82, 2.24) is 0 Å². The fraction of sp³-hybridized carbons (Fsp3) is 0.250. The van der Waals surface area contributed by atoms with Gasteiger partial charge in [0.2, 0.25) is 0 Å². The van der Waals surface area contributed by atoms with Gasteiger partial charge in [0, 0.05) is 9.24 Å². The Kier molecular flexibility index (Phi) is 1.20. The van der Waals surface area contributed by atoms with E-state index in [4.69, 9.17) is 8.48 Å². The summed E-state index contributed by atoms with van der Waals surface area (Å²) in [6.45, 7) is 0.240. The summed E-state index contributed by atoms with van der Waals surface area (Å²) in [5.74, 6) is 0. The second-order valence-corrected chi connectivity index (χ2v) is 2.01. The fourth-order valence-corrected chi connectivity index (χ4v) is 0.650.